The van der Waals surface area contributed by atoms with Crippen molar-refractivity contribution in [2.24, 2.45) is 0 Å². The molecule has 0 saturated heterocycles. The second-order valence-corrected chi connectivity index (χ2v) is 7.95. The van der Waals surface area contributed by atoms with Gasteiger partial charge in [0.1, 0.15) is 0 Å². The van der Waals surface area contributed by atoms with E-state index in [9.17, 15) is 9.59 Å². The van der Waals surface area contributed by atoms with Crippen LogP contribution in [0.2, 0.25) is 5.02 Å². The molecule has 0 bridgehead atoms. The highest BCUT2D eigenvalue weighted by atomic mass is 35.5. The van der Waals surface area contributed by atoms with Crippen LogP contribution in [0.4, 0.5) is 9.59 Å². The van der Waals surface area contributed by atoms with Crippen LogP contribution in [0.15, 0.2) is 18.2 Å². The van der Waals surface area contributed by atoms with Crippen LogP contribution in [-0.2, 0) is 0 Å². The summed E-state index contributed by atoms with van der Waals surface area (Å²) in [7, 11) is 0. The minimum Gasteiger partial charge on any atom is -0.406 e. The zero-order chi connectivity index (χ0) is 20.9. The Balaban J connectivity index is 3.11. The lowest BCUT2D eigenvalue weighted by Crippen LogP contribution is -2.44. The van der Waals surface area contributed by atoms with Gasteiger partial charge < -0.3 is 19.3 Å². The van der Waals surface area contributed by atoms with E-state index in [1.807, 2.05) is 55.4 Å². The van der Waals surface area contributed by atoms with Gasteiger partial charge in [0.25, 0.3) is 0 Å². The second-order valence-electron chi connectivity index (χ2n) is 7.52. The number of carbonyl (C=O) groups excluding carboxylic acids is 2. The smallest absolute Gasteiger partial charge is 0.406 e. The average molecular weight is 399 g/mol. The van der Waals surface area contributed by atoms with Crippen LogP contribution >= 0.6 is 11.6 Å². The van der Waals surface area contributed by atoms with Gasteiger partial charge in [-0.15, -0.1) is 0 Å². The maximum atomic E-state index is 12.6. The predicted octanol–water partition coefficient (Wildman–Crippen LogP) is 5.58. The van der Waals surface area contributed by atoms with Crippen LogP contribution < -0.4 is 9.47 Å². The van der Waals surface area contributed by atoms with E-state index in [-0.39, 0.29) is 35.7 Å². The second kappa shape index (κ2) is 9.83. The molecule has 0 aliphatic carbocycles. The van der Waals surface area contributed by atoms with Crippen molar-refractivity contribution < 1.29 is 19.1 Å². The minimum atomic E-state index is -0.524. The Bertz CT molecular complexity index is 643. The Labute approximate surface area is 167 Å². The van der Waals surface area contributed by atoms with E-state index in [0.717, 1.165) is 0 Å². The lowest BCUT2D eigenvalue weighted by atomic mass is 10.2. The van der Waals surface area contributed by atoms with Crippen LogP contribution in [0.1, 0.15) is 55.4 Å². The first kappa shape index (κ1) is 23.1. The van der Waals surface area contributed by atoms with E-state index in [1.165, 1.54) is 12.1 Å². The molecule has 152 valence electrons. The van der Waals surface area contributed by atoms with E-state index in [0.29, 0.717) is 5.02 Å². The molecule has 0 fully saturated rings. The molecule has 1 aromatic carbocycles. The van der Waals surface area contributed by atoms with Crippen molar-refractivity contribution in [3.05, 3.63) is 23.2 Å². The van der Waals surface area contributed by atoms with Crippen molar-refractivity contribution in [1.82, 2.24) is 9.80 Å². The third-order valence-corrected chi connectivity index (χ3v) is 4.18. The number of hydrogen-bond donors (Lipinski definition) is 0. The van der Waals surface area contributed by atoms with Gasteiger partial charge in [-0.05, 0) is 67.5 Å². The van der Waals surface area contributed by atoms with Gasteiger partial charge >= 0.3 is 12.2 Å². The van der Waals surface area contributed by atoms with Gasteiger partial charge in [-0.3, -0.25) is 0 Å². The fourth-order valence-electron chi connectivity index (χ4n) is 2.98. The fraction of sp³-hybridized carbons (Fsp3) is 0.600. The molecule has 1 rings (SSSR count). The monoisotopic (exact) mass is 398 g/mol. The first-order chi connectivity index (χ1) is 12.5. The SMILES string of the molecule is CC(C)N(C(=O)Oc1ccc(Cl)cc1OC(=O)N(C(C)C)C(C)C)C(C)C. The summed E-state index contributed by atoms with van der Waals surface area (Å²) in [5, 5.41) is 0.378. The molecule has 0 N–H and O–H groups in total. The van der Waals surface area contributed by atoms with Gasteiger partial charge in [0.05, 0.1) is 0 Å². The number of hydrogen-bond acceptors (Lipinski definition) is 4. The largest absolute Gasteiger partial charge is 0.415 e. The standard InChI is InChI=1S/C20H31ClN2O4/c1-12(2)22(13(3)4)19(24)26-17-10-9-16(21)11-18(17)27-20(25)23(14(5)6)15(7)8/h9-15H,1-8H3. The molecule has 1 aromatic rings. The Kier molecular flexibility index (Phi) is 8.41. The summed E-state index contributed by atoms with van der Waals surface area (Å²) >= 11 is 6.05. The summed E-state index contributed by atoms with van der Waals surface area (Å²) in [5.74, 6) is 0.260. The molecule has 0 spiro atoms. The summed E-state index contributed by atoms with van der Waals surface area (Å²) in [4.78, 5) is 28.4. The molecular weight excluding hydrogens is 368 g/mol. The van der Waals surface area contributed by atoms with Gasteiger partial charge in [-0.2, -0.15) is 0 Å². The molecule has 0 aliphatic rings. The Morgan fingerprint density at radius 3 is 1.48 bits per heavy atom. The Morgan fingerprint density at radius 2 is 1.11 bits per heavy atom. The van der Waals surface area contributed by atoms with Crippen LogP contribution in [0.25, 0.3) is 0 Å². The molecule has 0 saturated carbocycles. The van der Waals surface area contributed by atoms with E-state index < -0.39 is 12.2 Å². The number of rotatable bonds is 6. The molecule has 2 amide bonds. The number of halogens is 1. The van der Waals surface area contributed by atoms with Gasteiger partial charge in [0.15, 0.2) is 11.5 Å². The van der Waals surface area contributed by atoms with Gasteiger partial charge in [-0.1, -0.05) is 11.6 Å². The van der Waals surface area contributed by atoms with Crippen molar-refractivity contribution in [3.8, 4) is 11.5 Å². The molecule has 0 aliphatic heterocycles. The first-order valence-electron chi connectivity index (χ1n) is 9.25. The Morgan fingerprint density at radius 1 is 0.741 bits per heavy atom. The predicted molar refractivity (Wildman–Crippen MR) is 108 cm³/mol. The van der Waals surface area contributed by atoms with Crippen LogP contribution in [0, 0.1) is 0 Å². The molecule has 0 radical (unpaired) electrons. The highest BCUT2D eigenvalue weighted by Crippen LogP contribution is 2.32. The van der Waals surface area contributed by atoms with Gasteiger partial charge in [0, 0.05) is 35.3 Å². The summed E-state index contributed by atoms with van der Waals surface area (Å²) in [6.45, 7) is 15.3. The van der Waals surface area contributed by atoms with Crippen molar-refractivity contribution in [2.75, 3.05) is 0 Å². The number of amides is 2. The molecule has 0 atom stereocenters. The molecule has 6 nitrogen and oxygen atoms in total. The van der Waals surface area contributed by atoms with Crippen LogP contribution in [-0.4, -0.2) is 46.2 Å². The summed E-state index contributed by atoms with van der Waals surface area (Å²) < 4.78 is 11.0. The molecule has 7 heteroatoms. The zero-order valence-corrected chi connectivity index (χ0v) is 18.2. The van der Waals surface area contributed by atoms with Crippen molar-refractivity contribution in [3.63, 3.8) is 0 Å². The maximum absolute atomic E-state index is 12.6. The molecule has 0 unspecified atom stereocenters. The molecular formula is C20H31ClN2O4. The van der Waals surface area contributed by atoms with Crippen molar-refractivity contribution >= 4 is 23.8 Å². The van der Waals surface area contributed by atoms with E-state index in [4.69, 9.17) is 21.1 Å². The Hall–Kier alpha value is -1.95. The lowest BCUT2D eigenvalue weighted by Gasteiger charge is -2.31. The normalized spacial score (nSPS) is 11.3. The van der Waals surface area contributed by atoms with Crippen molar-refractivity contribution in [2.45, 2.75) is 79.6 Å². The average Bonchev–Trinajstić information content (AvgIpc) is 2.48. The van der Waals surface area contributed by atoms with Crippen molar-refractivity contribution in [1.29, 1.82) is 0 Å². The summed E-state index contributed by atoms with van der Waals surface area (Å²) in [6.07, 6.45) is -1.03. The maximum Gasteiger partial charge on any atom is 0.415 e. The minimum absolute atomic E-state index is 0.0341. The third kappa shape index (κ3) is 6.31. The number of benzene rings is 1. The lowest BCUT2D eigenvalue weighted by molar-refractivity contribution is 0.113. The van der Waals surface area contributed by atoms with Gasteiger partial charge in [0.2, 0.25) is 0 Å². The van der Waals surface area contributed by atoms with E-state index >= 15 is 0 Å². The highest BCUT2D eigenvalue weighted by Gasteiger charge is 2.26. The van der Waals surface area contributed by atoms with E-state index in [1.54, 1.807) is 15.9 Å². The number of nitrogens with zero attached hydrogens (tertiary/aromatic N) is 2. The molecule has 0 heterocycles. The topological polar surface area (TPSA) is 59.1 Å². The first-order valence-corrected chi connectivity index (χ1v) is 9.63. The van der Waals surface area contributed by atoms with Crippen LogP contribution in [0.3, 0.4) is 0 Å². The summed E-state index contributed by atoms with van der Waals surface area (Å²) in [6, 6.07) is 4.42. The molecule has 27 heavy (non-hydrogen) atoms. The fourth-order valence-corrected chi connectivity index (χ4v) is 3.14. The van der Waals surface area contributed by atoms with Crippen LogP contribution in [0.5, 0.6) is 11.5 Å². The zero-order valence-electron chi connectivity index (χ0n) is 17.4. The third-order valence-electron chi connectivity index (χ3n) is 3.95. The summed E-state index contributed by atoms with van der Waals surface area (Å²) in [5.41, 5.74) is 0. The van der Waals surface area contributed by atoms with Gasteiger partial charge in [-0.25, -0.2) is 9.59 Å². The quantitative estimate of drug-likeness (QED) is 0.628. The van der Waals surface area contributed by atoms with E-state index in [2.05, 4.69) is 0 Å². The highest BCUT2D eigenvalue weighted by molar-refractivity contribution is 6.30. The molecule has 0 aromatic heterocycles. The number of ether oxygens (including phenoxy) is 2. The number of carbonyl (C=O) groups is 2.